The number of aromatic amines is 1. The van der Waals surface area contributed by atoms with E-state index in [0.717, 1.165) is 37.2 Å². The first-order chi connectivity index (χ1) is 17.4. The summed E-state index contributed by atoms with van der Waals surface area (Å²) in [7, 11) is 0. The molecule has 2 aliphatic rings. The number of H-pyrrole nitrogens is 1. The van der Waals surface area contributed by atoms with Crippen LogP contribution in [0.2, 0.25) is 0 Å². The second-order valence-electron chi connectivity index (χ2n) is 10.1. The Morgan fingerprint density at radius 3 is 2.56 bits per heavy atom. The van der Waals surface area contributed by atoms with Crippen molar-refractivity contribution < 1.29 is 4.79 Å². The number of amides is 1. The van der Waals surface area contributed by atoms with Gasteiger partial charge >= 0.3 is 5.69 Å². The number of pyridine rings is 1. The Bertz CT molecular complexity index is 1460. The van der Waals surface area contributed by atoms with Crippen molar-refractivity contribution in [2.24, 2.45) is 5.92 Å². The Hall–Kier alpha value is -3.93. The van der Waals surface area contributed by atoms with Gasteiger partial charge in [-0.25, -0.2) is 9.78 Å². The molecule has 3 heterocycles. The molecule has 0 radical (unpaired) electrons. The molecule has 1 aliphatic carbocycles. The van der Waals surface area contributed by atoms with Gasteiger partial charge in [0.1, 0.15) is 0 Å². The summed E-state index contributed by atoms with van der Waals surface area (Å²) in [6.07, 6.45) is 2.76. The average Bonchev–Trinajstić information content (AvgIpc) is 3.73. The lowest BCUT2D eigenvalue weighted by Gasteiger charge is -2.24. The number of nitrogens with zero attached hydrogens (tertiary/aromatic N) is 5. The topological polar surface area (TPSA) is 115 Å². The standard InChI is InChI=1S/C27H30N6O3/c1-17(2)16-33-24-23(25(34)30-27(33)36)21(14-22(29-24)19-6-7-19)26(35)32-11-3-10-31(12-13-32)20-8-4-18(15-28)5-9-20/h4-5,8-9,14,17,19H,3,6-7,10-13,16H2,1-2H3,(H,30,34,36). The predicted molar refractivity (Wildman–Crippen MR) is 137 cm³/mol. The van der Waals surface area contributed by atoms with Crippen LogP contribution in [0.4, 0.5) is 5.69 Å². The highest BCUT2D eigenvalue weighted by Gasteiger charge is 2.30. The van der Waals surface area contributed by atoms with E-state index in [2.05, 4.69) is 16.0 Å². The van der Waals surface area contributed by atoms with E-state index >= 15 is 0 Å². The maximum atomic E-state index is 13.9. The summed E-state index contributed by atoms with van der Waals surface area (Å²) >= 11 is 0. The number of carbonyl (C=O) groups is 1. The highest BCUT2D eigenvalue weighted by Crippen LogP contribution is 2.40. The number of aromatic nitrogens is 3. The Labute approximate surface area is 209 Å². The van der Waals surface area contributed by atoms with Crippen LogP contribution in [0.25, 0.3) is 11.0 Å². The van der Waals surface area contributed by atoms with E-state index in [4.69, 9.17) is 10.2 Å². The molecule has 1 aliphatic heterocycles. The summed E-state index contributed by atoms with van der Waals surface area (Å²) in [6.45, 7) is 6.90. The lowest BCUT2D eigenvalue weighted by atomic mass is 10.1. The number of hydrogen-bond acceptors (Lipinski definition) is 6. The molecule has 9 heteroatoms. The zero-order chi connectivity index (χ0) is 25.4. The van der Waals surface area contributed by atoms with Gasteiger partial charge in [0, 0.05) is 50.0 Å². The summed E-state index contributed by atoms with van der Waals surface area (Å²) in [5.41, 5.74) is 1.98. The van der Waals surface area contributed by atoms with Gasteiger partial charge in [0.2, 0.25) is 0 Å². The molecule has 0 bridgehead atoms. The Balaban J connectivity index is 1.50. The van der Waals surface area contributed by atoms with Crippen LogP contribution in [0.15, 0.2) is 39.9 Å². The number of nitrogens with one attached hydrogen (secondary N) is 1. The van der Waals surface area contributed by atoms with E-state index in [9.17, 15) is 14.4 Å². The Morgan fingerprint density at radius 2 is 1.89 bits per heavy atom. The van der Waals surface area contributed by atoms with Gasteiger partial charge in [0.15, 0.2) is 5.65 Å². The second kappa shape index (κ2) is 9.61. The number of carbonyl (C=O) groups excluding carboxylic acids is 1. The first-order valence-corrected chi connectivity index (χ1v) is 12.6. The molecule has 5 rings (SSSR count). The maximum Gasteiger partial charge on any atom is 0.330 e. The van der Waals surface area contributed by atoms with Gasteiger partial charge in [0.05, 0.1) is 22.6 Å². The molecular formula is C27H30N6O3. The largest absolute Gasteiger partial charge is 0.370 e. The average molecular weight is 487 g/mol. The Kier molecular flexibility index (Phi) is 6.35. The van der Waals surface area contributed by atoms with Crippen LogP contribution in [-0.4, -0.2) is 51.5 Å². The van der Waals surface area contributed by atoms with Gasteiger partial charge in [-0.1, -0.05) is 13.8 Å². The number of rotatable bonds is 5. The minimum Gasteiger partial charge on any atom is -0.370 e. The van der Waals surface area contributed by atoms with Crippen molar-refractivity contribution >= 4 is 22.6 Å². The van der Waals surface area contributed by atoms with Gasteiger partial charge in [-0.3, -0.25) is 19.1 Å². The molecule has 0 spiro atoms. The molecule has 2 aromatic heterocycles. The minimum absolute atomic E-state index is 0.168. The van der Waals surface area contributed by atoms with E-state index in [1.165, 1.54) is 4.57 Å². The molecule has 3 aromatic rings. The zero-order valence-corrected chi connectivity index (χ0v) is 20.7. The summed E-state index contributed by atoms with van der Waals surface area (Å²) in [5, 5.41) is 9.25. The van der Waals surface area contributed by atoms with Gasteiger partial charge in [-0.2, -0.15) is 5.26 Å². The predicted octanol–water partition coefficient (Wildman–Crippen LogP) is 2.84. The van der Waals surface area contributed by atoms with Crippen molar-refractivity contribution in [1.82, 2.24) is 19.4 Å². The van der Waals surface area contributed by atoms with Gasteiger partial charge in [0.25, 0.3) is 11.5 Å². The van der Waals surface area contributed by atoms with E-state index in [0.29, 0.717) is 43.0 Å². The van der Waals surface area contributed by atoms with Crippen molar-refractivity contribution in [2.45, 2.75) is 45.6 Å². The lowest BCUT2D eigenvalue weighted by Crippen LogP contribution is -2.37. The third-order valence-corrected chi connectivity index (χ3v) is 6.89. The fraction of sp³-hybridized carbons (Fsp3) is 0.444. The summed E-state index contributed by atoms with van der Waals surface area (Å²) in [5.74, 6) is 0.228. The van der Waals surface area contributed by atoms with E-state index in [1.807, 2.05) is 26.0 Å². The van der Waals surface area contributed by atoms with Crippen LogP contribution in [0, 0.1) is 17.2 Å². The smallest absolute Gasteiger partial charge is 0.330 e. The molecule has 186 valence electrons. The SMILES string of the molecule is CC(C)Cn1c(=O)[nH]c(=O)c2c(C(=O)N3CCCN(c4ccc(C#N)cc4)CC3)cc(C3CC3)nc21. The number of nitriles is 1. The summed E-state index contributed by atoms with van der Waals surface area (Å²) in [4.78, 5) is 50.7. The zero-order valence-electron chi connectivity index (χ0n) is 20.7. The normalized spacial score (nSPS) is 16.3. The third kappa shape index (κ3) is 4.63. The first kappa shape index (κ1) is 23.8. The van der Waals surface area contributed by atoms with E-state index in [1.54, 1.807) is 23.1 Å². The van der Waals surface area contributed by atoms with E-state index < -0.39 is 11.2 Å². The monoisotopic (exact) mass is 486 g/mol. The van der Waals surface area contributed by atoms with E-state index in [-0.39, 0.29) is 23.1 Å². The molecule has 1 saturated heterocycles. The van der Waals surface area contributed by atoms with Crippen LogP contribution in [0.1, 0.15) is 60.6 Å². The molecule has 0 unspecified atom stereocenters. The molecule has 1 N–H and O–H groups in total. The highest BCUT2D eigenvalue weighted by molar-refractivity contribution is 6.05. The van der Waals surface area contributed by atoms with Crippen molar-refractivity contribution in [2.75, 3.05) is 31.1 Å². The van der Waals surface area contributed by atoms with Crippen LogP contribution in [0.3, 0.4) is 0 Å². The molecule has 2 fully saturated rings. The number of anilines is 1. The molecule has 9 nitrogen and oxygen atoms in total. The third-order valence-electron chi connectivity index (χ3n) is 6.89. The van der Waals surface area contributed by atoms with Crippen LogP contribution < -0.4 is 16.1 Å². The number of fused-ring (bicyclic) bond motifs is 1. The van der Waals surface area contributed by atoms with Crippen LogP contribution in [-0.2, 0) is 6.54 Å². The molecular weight excluding hydrogens is 456 g/mol. The minimum atomic E-state index is -0.567. The fourth-order valence-electron chi connectivity index (χ4n) is 4.88. The molecule has 0 atom stereocenters. The van der Waals surface area contributed by atoms with Crippen molar-refractivity contribution in [3.05, 3.63) is 68.0 Å². The van der Waals surface area contributed by atoms with Crippen molar-refractivity contribution in [1.29, 1.82) is 5.26 Å². The van der Waals surface area contributed by atoms with Crippen LogP contribution in [0.5, 0.6) is 0 Å². The number of hydrogen-bond donors (Lipinski definition) is 1. The summed E-state index contributed by atoms with van der Waals surface area (Å²) in [6, 6.07) is 11.4. The van der Waals surface area contributed by atoms with Gasteiger partial charge in [-0.05, 0) is 55.5 Å². The Morgan fingerprint density at radius 1 is 1.14 bits per heavy atom. The lowest BCUT2D eigenvalue weighted by molar-refractivity contribution is 0.0768. The quantitative estimate of drug-likeness (QED) is 0.593. The maximum absolute atomic E-state index is 13.9. The molecule has 1 amide bonds. The van der Waals surface area contributed by atoms with Crippen molar-refractivity contribution in [3.63, 3.8) is 0 Å². The fourth-order valence-corrected chi connectivity index (χ4v) is 4.88. The second-order valence-corrected chi connectivity index (χ2v) is 10.1. The van der Waals surface area contributed by atoms with Crippen LogP contribution >= 0.6 is 0 Å². The number of benzene rings is 1. The van der Waals surface area contributed by atoms with Gasteiger partial charge < -0.3 is 9.80 Å². The molecule has 1 saturated carbocycles. The molecule has 36 heavy (non-hydrogen) atoms. The summed E-state index contributed by atoms with van der Waals surface area (Å²) < 4.78 is 1.50. The van der Waals surface area contributed by atoms with Crippen molar-refractivity contribution in [3.8, 4) is 6.07 Å². The van der Waals surface area contributed by atoms with Gasteiger partial charge in [-0.15, -0.1) is 0 Å². The first-order valence-electron chi connectivity index (χ1n) is 12.6. The molecule has 1 aromatic carbocycles. The highest BCUT2D eigenvalue weighted by atomic mass is 16.2.